The quantitative estimate of drug-likeness (QED) is 0.498. The number of nitrogens with one attached hydrogen (secondary N) is 3. The molecule has 0 spiro atoms. The molecule has 32 heavy (non-hydrogen) atoms. The number of likely N-dealkylation sites (tertiary alicyclic amines) is 1. The number of rotatable bonds is 5. The maximum atomic E-state index is 13.1. The number of benzene rings is 2. The number of carbonyl (C=O) groups excluding carboxylic acids is 3. The van der Waals surface area contributed by atoms with Crippen molar-refractivity contribution in [1.82, 2.24) is 10.2 Å². The molecule has 0 bridgehead atoms. The van der Waals surface area contributed by atoms with Gasteiger partial charge in [-0.1, -0.05) is 12.1 Å². The summed E-state index contributed by atoms with van der Waals surface area (Å²) in [5.41, 5.74) is 4.66. The minimum absolute atomic E-state index is 0.0519. The highest BCUT2D eigenvalue weighted by molar-refractivity contribution is 6.37. The van der Waals surface area contributed by atoms with Gasteiger partial charge in [-0.25, -0.2) is 0 Å². The van der Waals surface area contributed by atoms with E-state index in [1.165, 1.54) is 13.8 Å². The summed E-state index contributed by atoms with van der Waals surface area (Å²) in [6.45, 7) is 4.93. The molecule has 0 radical (unpaired) electrons. The van der Waals surface area contributed by atoms with Crippen LogP contribution in [0.4, 0.5) is 11.4 Å². The summed E-state index contributed by atoms with van der Waals surface area (Å²) < 4.78 is 0. The lowest BCUT2D eigenvalue weighted by Crippen LogP contribution is -2.40. The second kappa shape index (κ2) is 8.96. The molecule has 0 atom stereocenters. The second-order valence-electron chi connectivity index (χ2n) is 8.50. The highest BCUT2D eigenvalue weighted by atomic mass is 16.2. The summed E-state index contributed by atoms with van der Waals surface area (Å²) >= 11 is 0. The van der Waals surface area contributed by atoms with Crippen molar-refractivity contribution in [2.45, 2.75) is 32.7 Å². The summed E-state index contributed by atoms with van der Waals surface area (Å²) in [7, 11) is 2.11. The van der Waals surface area contributed by atoms with Gasteiger partial charge in [-0.3, -0.25) is 14.4 Å². The number of anilines is 2. The van der Waals surface area contributed by atoms with Crippen molar-refractivity contribution >= 4 is 40.2 Å². The van der Waals surface area contributed by atoms with Gasteiger partial charge in [0.2, 0.25) is 5.91 Å². The van der Waals surface area contributed by atoms with Crippen LogP contribution in [0.3, 0.4) is 0 Å². The zero-order valence-corrected chi connectivity index (χ0v) is 18.6. The molecule has 2 aromatic rings. The number of ketones is 1. The molecule has 2 amide bonds. The van der Waals surface area contributed by atoms with E-state index < -0.39 is 0 Å². The number of nitrogens with zero attached hydrogens (tertiary/aromatic N) is 1. The van der Waals surface area contributed by atoms with Crippen LogP contribution < -0.4 is 16.0 Å². The third-order valence-electron chi connectivity index (χ3n) is 5.96. The van der Waals surface area contributed by atoms with Gasteiger partial charge in [0.05, 0.1) is 11.3 Å². The first-order chi connectivity index (χ1) is 15.3. The first-order valence-corrected chi connectivity index (χ1v) is 10.9. The standard InChI is InChI=1S/C25H28N4O3/c1-15(30)17-7-8-22-21(14-17)23(25(32)28-22)24(27-19-9-11-29(3)12-10-19)18-5-4-6-20(13-18)26-16(2)31/h4-8,13-14,19,27H,9-12H2,1-3H3,(H,26,31)(H,28,32). The predicted molar refractivity (Wildman–Crippen MR) is 126 cm³/mol. The first kappa shape index (κ1) is 21.8. The average Bonchev–Trinajstić information content (AvgIpc) is 3.08. The van der Waals surface area contributed by atoms with Gasteiger partial charge in [-0.05, 0) is 70.2 Å². The van der Waals surface area contributed by atoms with E-state index in [1.54, 1.807) is 18.2 Å². The largest absolute Gasteiger partial charge is 0.381 e. The Hall–Kier alpha value is -3.45. The Morgan fingerprint density at radius 1 is 1.03 bits per heavy atom. The Morgan fingerprint density at radius 2 is 1.78 bits per heavy atom. The molecule has 3 N–H and O–H groups in total. The van der Waals surface area contributed by atoms with Crippen LogP contribution in [0.15, 0.2) is 42.5 Å². The van der Waals surface area contributed by atoms with Crippen LogP contribution in [0.2, 0.25) is 0 Å². The van der Waals surface area contributed by atoms with Gasteiger partial charge >= 0.3 is 0 Å². The molecule has 1 fully saturated rings. The third kappa shape index (κ3) is 4.57. The summed E-state index contributed by atoms with van der Waals surface area (Å²) in [6, 6.07) is 13.0. The fourth-order valence-corrected chi connectivity index (χ4v) is 4.25. The SMILES string of the molecule is CC(=O)Nc1cccc(C(NC2CCN(C)CC2)=C2C(=O)Nc3ccc(C(C)=O)cc32)c1. The van der Waals surface area contributed by atoms with Crippen LogP contribution in [-0.2, 0) is 9.59 Å². The number of amides is 2. The van der Waals surface area contributed by atoms with Gasteiger partial charge in [0.15, 0.2) is 5.78 Å². The van der Waals surface area contributed by atoms with Crippen molar-refractivity contribution in [3.8, 4) is 0 Å². The minimum atomic E-state index is -0.207. The van der Waals surface area contributed by atoms with Crippen LogP contribution in [0.1, 0.15) is 48.2 Å². The molecule has 2 aliphatic heterocycles. The van der Waals surface area contributed by atoms with Crippen molar-refractivity contribution in [2.75, 3.05) is 30.8 Å². The number of hydrogen-bond acceptors (Lipinski definition) is 5. The molecule has 166 valence electrons. The van der Waals surface area contributed by atoms with E-state index in [0.717, 1.165) is 31.5 Å². The number of hydrogen-bond donors (Lipinski definition) is 3. The van der Waals surface area contributed by atoms with Crippen LogP contribution in [0.5, 0.6) is 0 Å². The van der Waals surface area contributed by atoms with E-state index in [-0.39, 0.29) is 23.6 Å². The van der Waals surface area contributed by atoms with E-state index in [2.05, 4.69) is 27.9 Å². The molecule has 4 rings (SSSR count). The molecular weight excluding hydrogens is 404 g/mol. The van der Waals surface area contributed by atoms with Crippen LogP contribution in [0, 0.1) is 0 Å². The van der Waals surface area contributed by atoms with E-state index in [4.69, 9.17) is 0 Å². The minimum Gasteiger partial charge on any atom is -0.381 e. The van der Waals surface area contributed by atoms with Crippen molar-refractivity contribution in [2.24, 2.45) is 0 Å². The Labute approximate surface area is 187 Å². The Kier molecular flexibility index (Phi) is 6.10. The normalized spacial score (nSPS) is 18.0. The molecule has 2 aromatic carbocycles. The van der Waals surface area contributed by atoms with Gasteiger partial charge in [-0.2, -0.15) is 0 Å². The van der Waals surface area contributed by atoms with E-state index >= 15 is 0 Å². The fourth-order valence-electron chi connectivity index (χ4n) is 4.25. The monoisotopic (exact) mass is 432 g/mol. The highest BCUT2D eigenvalue weighted by Gasteiger charge is 2.30. The maximum Gasteiger partial charge on any atom is 0.258 e. The van der Waals surface area contributed by atoms with E-state index in [1.807, 2.05) is 24.3 Å². The zero-order chi connectivity index (χ0) is 22.8. The lowest BCUT2D eigenvalue weighted by atomic mass is 9.96. The Bertz CT molecular complexity index is 1110. The van der Waals surface area contributed by atoms with Crippen LogP contribution in [-0.4, -0.2) is 48.7 Å². The van der Waals surface area contributed by atoms with Crippen molar-refractivity contribution < 1.29 is 14.4 Å². The topological polar surface area (TPSA) is 90.5 Å². The summed E-state index contributed by atoms with van der Waals surface area (Å²) in [6.07, 6.45) is 1.92. The number of fused-ring (bicyclic) bond motifs is 1. The number of carbonyl (C=O) groups is 3. The van der Waals surface area contributed by atoms with Gasteiger partial charge in [0, 0.05) is 41.0 Å². The summed E-state index contributed by atoms with van der Waals surface area (Å²) in [4.78, 5) is 39.0. The van der Waals surface area contributed by atoms with Gasteiger partial charge < -0.3 is 20.9 Å². The molecule has 0 aromatic heterocycles. The summed E-state index contributed by atoms with van der Waals surface area (Å²) in [5, 5.41) is 9.37. The molecule has 1 saturated heterocycles. The molecular formula is C25H28N4O3. The first-order valence-electron chi connectivity index (χ1n) is 10.9. The summed E-state index contributed by atoms with van der Waals surface area (Å²) in [5.74, 6) is -0.417. The van der Waals surface area contributed by atoms with Crippen LogP contribution in [0.25, 0.3) is 11.3 Å². The molecule has 0 saturated carbocycles. The molecule has 2 heterocycles. The van der Waals surface area contributed by atoms with Crippen LogP contribution >= 0.6 is 0 Å². The van der Waals surface area contributed by atoms with Gasteiger partial charge in [0.25, 0.3) is 5.91 Å². The maximum absolute atomic E-state index is 13.1. The highest BCUT2D eigenvalue weighted by Crippen LogP contribution is 2.37. The molecule has 7 heteroatoms. The van der Waals surface area contributed by atoms with Crippen molar-refractivity contribution in [3.05, 3.63) is 59.2 Å². The lowest BCUT2D eigenvalue weighted by Gasteiger charge is -2.31. The predicted octanol–water partition coefficient (Wildman–Crippen LogP) is 3.35. The molecule has 2 aliphatic rings. The van der Waals surface area contributed by atoms with Gasteiger partial charge in [0.1, 0.15) is 0 Å². The second-order valence-corrected chi connectivity index (χ2v) is 8.50. The lowest BCUT2D eigenvalue weighted by molar-refractivity contribution is -0.114. The average molecular weight is 433 g/mol. The Balaban J connectivity index is 1.84. The molecule has 0 aliphatic carbocycles. The Morgan fingerprint density at radius 3 is 2.47 bits per heavy atom. The smallest absolute Gasteiger partial charge is 0.258 e. The third-order valence-corrected chi connectivity index (χ3v) is 5.96. The van der Waals surface area contributed by atoms with Crippen molar-refractivity contribution in [1.29, 1.82) is 0 Å². The zero-order valence-electron chi connectivity index (χ0n) is 18.6. The number of Topliss-reactive ketones (excluding diaryl/α,β-unsaturated/α-hetero) is 1. The molecule has 7 nitrogen and oxygen atoms in total. The fraction of sp³-hybridized carbons (Fsp3) is 0.320. The number of piperidine rings is 1. The molecule has 0 unspecified atom stereocenters. The van der Waals surface area contributed by atoms with Gasteiger partial charge in [-0.15, -0.1) is 0 Å². The van der Waals surface area contributed by atoms with Crippen molar-refractivity contribution in [3.63, 3.8) is 0 Å². The van der Waals surface area contributed by atoms with E-state index in [0.29, 0.717) is 33.8 Å². The van der Waals surface area contributed by atoms with E-state index in [9.17, 15) is 14.4 Å².